The third-order valence-electron chi connectivity index (χ3n) is 6.85. The number of amides is 1. The van der Waals surface area contributed by atoms with E-state index in [1.165, 1.54) is 63.4 Å². The Kier molecular flexibility index (Phi) is 16.3. The van der Waals surface area contributed by atoms with E-state index in [-0.39, 0.29) is 22.9 Å². The van der Waals surface area contributed by atoms with Gasteiger partial charge in [0.2, 0.25) is 5.91 Å². The molecule has 6 heteroatoms. The van der Waals surface area contributed by atoms with Crippen LogP contribution in [0.1, 0.15) is 95.6 Å². The van der Waals surface area contributed by atoms with Crippen molar-refractivity contribution >= 4 is 40.3 Å². The molecule has 1 aliphatic heterocycles. The molecule has 4 nitrogen and oxygen atoms in total. The molecule has 0 saturated carbocycles. The van der Waals surface area contributed by atoms with E-state index in [0.717, 1.165) is 42.4 Å². The number of benzene rings is 2. The van der Waals surface area contributed by atoms with Crippen molar-refractivity contribution in [1.82, 2.24) is 4.90 Å². The van der Waals surface area contributed by atoms with Crippen LogP contribution < -0.4 is 9.64 Å². The minimum absolute atomic E-state index is 0. The number of carbonyl (C=O) groups excluding carboxylic acids is 1. The van der Waals surface area contributed by atoms with Gasteiger partial charge in [-0.1, -0.05) is 95.9 Å². The van der Waals surface area contributed by atoms with E-state index in [2.05, 4.69) is 59.8 Å². The van der Waals surface area contributed by atoms with Gasteiger partial charge in [0.15, 0.2) is 0 Å². The van der Waals surface area contributed by atoms with Gasteiger partial charge < -0.3 is 14.5 Å². The molecule has 1 aliphatic rings. The number of rotatable bonds is 18. The van der Waals surface area contributed by atoms with Crippen LogP contribution in [-0.4, -0.2) is 23.3 Å². The second kappa shape index (κ2) is 19.2. The van der Waals surface area contributed by atoms with Gasteiger partial charge >= 0.3 is 0 Å². The summed E-state index contributed by atoms with van der Waals surface area (Å²) < 4.78 is 6.06. The predicted octanol–water partition coefficient (Wildman–Crippen LogP) is 9.48. The molecule has 0 radical (unpaired) electrons. The van der Waals surface area contributed by atoms with Crippen LogP contribution in [0.2, 0.25) is 0 Å². The van der Waals surface area contributed by atoms with Crippen molar-refractivity contribution in [3.63, 3.8) is 0 Å². The highest BCUT2D eigenvalue weighted by atomic mass is 79.9. The molecule has 3 rings (SSSR count). The van der Waals surface area contributed by atoms with Crippen LogP contribution >= 0.6 is 28.7 Å². The van der Waals surface area contributed by atoms with Gasteiger partial charge in [0.05, 0.1) is 19.0 Å². The Morgan fingerprint density at radius 1 is 0.895 bits per heavy atom. The van der Waals surface area contributed by atoms with Crippen molar-refractivity contribution in [2.75, 3.05) is 17.4 Å². The predicted molar refractivity (Wildman–Crippen MR) is 169 cm³/mol. The van der Waals surface area contributed by atoms with Gasteiger partial charge in [0.25, 0.3) is 0 Å². The lowest BCUT2D eigenvalue weighted by Crippen LogP contribution is -2.29. The van der Waals surface area contributed by atoms with Crippen molar-refractivity contribution in [3.05, 3.63) is 71.3 Å². The Balaban J connectivity index is 0.00000507. The summed E-state index contributed by atoms with van der Waals surface area (Å²) in [4.78, 5) is 17.0. The molecular formula is C32H47BrN2O2S. The van der Waals surface area contributed by atoms with E-state index in [1.807, 2.05) is 35.7 Å². The summed E-state index contributed by atoms with van der Waals surface area (Å²) in [6.07, 6.45) is 15.9. The second-order valence-electron chi connectivity index (χ2n) is 10.0. The fourth-order valence-electron chi connectivity index (χ4n) is 4.64. The highest BCUT2D eigenvalue weighted by Gasteiger charge is 2.15. The van der Waals surface area contributed by atoms with Gasteiger partial charge in [-0.15, -0.1) is 28.7 Å². The number of unbranched alkanes of at least 4 members (excludes halogenated alkanes) is 9. The quantitative estimate of drug-likeness (QED) is 0.159. The smallest absolute Gasteiger partial charge is 0.227 e. The third kappa shape index (κ3) is 11.9. The Hall–Kier alpha value is -1.92. The van der Waals surface area contributed by atoms with Gasteiger partial charge in [-0.25, -0.2) is 0 Å². The number of hydrogen-bond donors (Lipinski definition) is 0. The average Bonchev–Trinajstić information content (AvgIpc) is 3.44. The fraction of sp³-hybridized carbons (Fsp3) is 0.531. The lowest BCUT2D eigenvalue weighted by Gasteiger charge is -2.23. The number of hydrogen-bond acceptors (Lipinski definition) is 4. The zero-order chi connectivity index (χ0) is 26.1. The largest absolute Gasteiger partial charge is 0.494 e. The summed E-state index contributed by atoms with van der Waals surface area (Å²) in [6, 6.07) is 16.6. The van der Waals surface area contributed by atoms with E-state index in [1.54, 1.807) is 0 Å². The standard InChI is InChI=1S/C32H46N2O2S.BrH/c1-3-5-6-7-8-9-10-11-12-13-22-36-31-16-14-15-29(24-31)26-34(32(35)4-2)30-19-17-28(18-20-30)25-33-21-23-37-27-33;/h14-21,23-24H,3-13,22,25-27H2,1-2H3;1H. The molecule has 38 heavy (non-hydrogen) atoms. The molecule has 0 unspecified atom stereocenters. The van der Waals surface area contributed by atoms with Gasteiger partial charge in [0.1, 0.15) is 5.75 Å². The summed E-state index contributed by atoms with van der Waals surface area (Å²) in [5, 5.41) is 2.13. The average molecular weight is 604 g/mol. The lowest BCUT2D eigenvalue weighted by molar-refractivity contribution is -0.118. The first-order valence-corrected chi connectivity index (χ1v) is 15.4. The molecule has 0 N–H and O–H groups in total. The molecule has 1 heterocycles. The SMILES string of the molecule is Br.CCCCCCCCCCCCOc1cccc(CN(C(=O)CC)c2ccc(CN3C=CSC3)cc2)c1. The zero-order valence-corrected chi connectivity index (χ0v) is 25.9. The van der Waals surface area contributed by atoms with Crippen LogP contribution in [0.15, 0.2) is 60.1 Å². The number of thioether (sulfide) groups is 1. The number of carbonyl (C=O) groups is 1. The van der Waals surface area contributed by atoms with E-state index in [0.29, 0.717) is 13.0 Å². The maximum Gasteiger partial charge on any atom is 0.227 e. The van der Waals surface area contributed by atoms with Gasteiger partial charge in [-0.2, -0.15) is 0 Å². The molecule has 0 atom stereocenters. The topological polar surface area (TPSA) is 32.8 Å². The normalized spacial score (nSPS) is 12.4. The number of anilines is 1. The Labute approximate surface area is 246 Å². The highest BCUT2D eigenvalue weighted by Crippen LogP contribution is 2.24. The van der Waals surface area contributed by atoms with Crippen molar-refractivity contribution in [2.45, 2.75) is 97.6 Å². The molecule has 0 bridgehead atoms. The second-order valence-corrected chi connectivity index (χ2v) is 10.9. The molecule has 0 saturated heterocycles. The van der Waals surface area contributed by atoms with Crippen LogP contribution in [0.3, 0.4) is 0 Å². The highest BCUT2D eigenvalue weighted by molar-refractivity contribution is 8.93. The van der Waals surface area contributed by atoms with E-state index in [4.69, 9.17) is 4.74 Å². The number of ether oxygens (including phenoxy) is 1. The van der Waals surface area contributed by atoms with Crippen LogP contribution in [0.5, 0.6) is 5.75 Å². The monoisotopic (exact) mass is 602 g/mol. The van der Waals surface area contributed by atoms with Crippen molar-refractivity contribution < 1.29 is 9.53 Å². The Morgan fingerprint density at radius 3 is 2.21 bits per heavy atom. The van der Waals surface area contributed by atoms with Crippen LogP contribution in [0.4, 0.5) is 5.69 Å². The van der Waals surface area contributed by atoms with Crippen molar-refractivity contribution in [3.8, 4) is 5.75 Å². The fourth-order valence-corrected chi connectivity index (χ4v) is 5.35. The van der Waals surface area contributed by atoms with Crippen LogP contribution in [-0.2, 0) is 17.9 Å². The molecule has 1 amide bonds. The minimum atomic E-state index is 0. The molecule has 0 aliphatic carbocycles. The van der Waals surface area contributed by atoms with Gasteiger partial charge in [0, 0.05) is 24.9 Å². The van der Waals surface area contributed by atoms with E-state index >= 15 is 0 Å². The minimum Gasteiger partial charge on any atom is -0.494 e. The summed E-state index contributed by atoms with van der Waals surface area (Å²) in [5.74, 6) is 2.02. The van der Waals surface area contributed by atoms with Crippen molar-refractivity contribution in [1.29, 1.82) is 0 Å². The molecule has 210 valence electrons. The summed E-state index contributed by atoms with van der Waals surface area (Å²) in [5.41, 5.74) is 3.28. The zero-order valence-electron chi connectivity index (χ0n) is 23.4. The van der Waals surface area contributed by atoms with Gasteiger partial charge in [-0.3, -0.25) is 4.79 Å². The molecule has 2 aromatic rings. The van der Waals surface area contributed by atoms with E-state index in [9.17, 15) is 4.79 Å². The summed E-state index contributed by atoms with van der Waals surface area (Å²) in [6.45, 7) is 6.39. The molecule has 0 aromatic heterocycles. The maximum absolute atomic E-state index is 12.8. The van der Waals surface area contributed by atoms with E-state index < -0.39 is 0 Å². The summed E-state index contributed by atoms with van der Waals surface area (Å²) in [7, 11) is 0. The number of nitrogens with zero attached hydrogens (tertiary/aromatic N) is 2. The first-order chi connectivity index (χ1) is 18.2. The third-order valence-corrected chi connectivity index (χ3v) is 7.65. The molecular weight excluding hydrogens is 556 g/mol. The first-order valence-electron chi connectivity index (χ1n) is 14.3. The Bertz CT molecular complexity index is 951. The summed E-state index contributed by atoms with van der Waals surface area (Å²) >= 11 is 1.81. The molecule has 0 spiro atoms. The van der Waals surface area contributed by atoms with Crippen molar-refractivity contribution in [2.24, 2.45) is 0 Å². The Morgan fingerprint density at radius 2 is 1.58 bits per heavy atom. The van der Waals surface area contributed by atoms with Crippen LogP contribution in [0, 0.1) is 0 Å². The molecule has 0 fully saturated rings. The van der Waals surface area contributed by atoms with Gasteiger partial charge in [-0.05, 0) is 47.2 Å². The maximum atomic E-state index is 12.8. The first kappa shape index (κ1) is 32.3. The molecule has 2 aromatic carbocycles. The number of halogens is 1. The lowest BCUT2D eigenvalue weighted by atomic mass is 10.1. The van der Waals surface area contributed by atoms with Crippen LogP contribution in [0.25, 0.3) is 0 Å².